The summed E-state index contributed by atoms with van der Waals surface area (Å²) < 4.78 is 10.0. The molecule has 128 valence electrons. The van der Waals surface area contributed by atoms with Gasteiger partial charge in [-0.1, -0.05) is 24.3 Å². The molecule has 0 aliphatic rings. The number of carboxylic acid groups (broad SMARTS) is 1. The Morgan fingerprint density at radius 1 is 1.12 bits per heavy atom. The van der Waals surface area contributed by atoms with E-state index in [9.17, 15) is 9.59 Å². The minimum absolute atomic E-state index is 0.0781. The van der Waals surface area contributed by atoms with E-state index < -0.39 is 17.9 Å². The zero-order chi connectivity index (χ0) is 17.7. The Kier molecular flexibility index (Phi) is 5.76. The highest BCUT2D eigenvalue weighted by Crippen LogP contribution is 2.25. The van der Waals surface area contributed by atoms with Crippen LogP contribution in [-0.4, -0.2) is 43.9 Å². The fourth-order valence-electron chi connectivity index (χ4n) is 2.43. The molecule has 6 nitrogen and oxygen atoms in total. The lowest BCUT2D eigenvalue weighted by atomic mass is 9.96. The molecule has 2 aromatic rings. The third-order valence-electron chi connectivity index (χ3n) is 3.91. The smallest absolute Gasteiger partial charge is 0.328 e. The molecule has 0 bridgehead atoms. The van der Waals surface area contributed by atoms with Gasteiger partial charge in [-0.2, -0.15) is 0 Å². The van der Waals surface area contributed by atoms with Crippen LogP contribution in [0.5, 0.6) is 5.75 Å². The molecular weight excluding hydrogens is 310 g/mol. The van der Waals surface area contributed by atoms with E-state index in [1.807, 2.05) is 36.4 Å². The van der Waals surface area contributed by atoms with Crippen LogP contribution in [-0.2, 0) is 14.3 Å². The van der Waals surface area contributed by atoms with E-state index in [1.54, 1.807) is 14.0 Å². The van der Waals surface area contributed by atoms with Gasteiger partial charge in [-0.15, -0.1) is 0 Å². The number of carbonyl (C=O) groups is 2. The van der Waals surface area contributed by atoms with Gasteiger partial charge in [0, 0.05) is 7.11 Å². The summed E-state index contributed by atoms with van der Waals surface area (Å²) >= 11 is 0. The monoisotopic (exact) mass is 331 g/mol. The van der Waals surface area contributed by atoms with Gasteiger partial charge in [0.15, 0.2) is 6.04 Å². The summed E-state index contributed by atoms with van der Waals surface area (Å²) in [5.74, 6) is -1.18. The van der Waals surface area contributed by atoms with Crippen molar-refractivity contribution < 1.29 is 24.2 Å². The van der Waals surface area contributed by atoms with Crippen molar-refractivity contribution >= 4 is 22.6 Å². The van der Waals surface area contributed by atoms with Crippen molar-refractivity contribution in [2.75, 3.05) is 20.8 Å². The standard InChI is InChI=1S/C18H21NO5/c1-11(17(20)19-16(10-23-2)18(21)22)12-4-5-14-9-15(24-3)7-6-13(14)8-12/h4-9,11,16H,10H2,1-3H3,(H,19,20)(H,21,22)/t11-,16?/m0/s1. The summed E-state index contributed by atoms with van der Waals surface area (Å²) in [4.78, 5) is 23.4. The van der Waals surface area contributed by atoms with Crippen LogP contribution in [0, 0.1) is 0 Å². The molecule has 2 aromatic carbocycles. The molecule has 0 aliphatic heterocycles. The number of rotatable bonds is 7. The van der Waals surface area contributed by atoms with E-state index >= 15 is 0 Å². The lowest BCUT2D eigenvalue weighted by molar-refractivity contribution is -0.143. The van der Waals surface area contributed by atoms with Crippen LogP contribution in [0.3, 0.4) is 0 Å². The van der Waals surface area contributed by atoms with Gasteiger partial charge in [0.25, 0.3) is 0 Å². The van der Waals surface area contributed by atoms with E-state index in [4.69, 9.17) is 14.6 Å². The SMILES string of the molecule is COCC(NC(=O)[C@@H](C)c1ccc2cc(OC)ccc2c1)C(=O)O. The number of hydrogen-bond donors (Lipinski definition) is 2. The molecule has 1 unspecified atom stereocenters. The average Bonchev–Trinajstić information content (AvgIpc) is 2.59. The van der Waals surface area contributed by atoms with Crippen LogP contribution in [0.2, 0.25) is 0 Å². The molecule has 0 radical (unpaired) electrons. The number of methoxy groups -OCH3 is 2. The zero-order valence-corrected chi connectivity index (χ0v) is 13.9. The third-order valence-corrected chi connectivity index (χ3v) is 3.91. The van der Waals surface area contributed by atoms with Gasteiger partial charge in [0.2, 0.25) is 5.91 Å². The second-order valence-electron chi connectivity index (χ2n) is 5.55. The quantitative estimate of drug-likeness (QED) is 0.812. The molecule has 0 aromatic heterocycles. The number of carbonyl (C=O) groups excluding carboxylic acids is 1. The Hall–Kier alpha value is -2.60. The van der Waals surface area contributed by atoms with E-state index in [1.165, 1.54) is 7.11 Å². The molecule has 0 fully saturated rings. The molecule has 0 spiro atoms. The van der Waals surface area contributed by atoms with Crippen molar-refractivity contribution in [3.05, 3.63) is 42.0 Å². The highest BCUT2D eigenvalue weighted by molar-refractivity contribution is 5.90. The number of amides is 1. The Morgan fingerprint density at radius 3 is 2.42 bits per heavy atom. The van der Waals surface area contributed by atoms with E-state index in [0.29, 0.717) is 0 Å². The number of hydrogen-bond acceptors (Lipinski definition) is 4. The van der Waals surface area contributed by atoms with Crippen molar-refractivity contribution in [3.8, 4) is 5.75 Å². The maximum absolute atomic E-state index is 12.3. The molecule has 2 N–H and O–H groups in total. The first-order valence-corrected chi connectivity index (χ1v) is 7.56. The van der Waals surface area contributed by atoms with Crippen LogP contribution in [0.4, 0.5) is 0 Å². The molecule has 0 saturated carbocycles. The summed E-state index contributed by atoms with van der Waals surface area (Å²) in [6, 6.07) is 10.3. The molecule has 2 atom stereocenters. The van der Waals surface area contributed by atoms with Gasteiger partial charge in [-0.05, 0) is 35.4 Å². The fourth-order valence-corrected chi connectivity index (χ4v) is 2.43. The molecular formula is C18H21NO5. The Bertz CT molecular complexity index is 743. The first-order valence-electron chi connectivity index (χ1n) is 7.56. The number of benzene rings is 2. The summed E-state index contributed by atoms with van der Waals surface area (Å²) in [6.07, 6.45) is 0. The number of ether oxygens (including phenoxy) is 2. The maximum atomic E-state index is 12.3. The number of fused-ring (bicyclic) bond motifs is 1. The van der Waals surface area contributed by atoms with Gasteiger partial charge in [-0.25, -0.2) is 4.79 Å². The largest absolute Gasteiger partial charge is 0.497 e. The van der Waals surface area contributed by atoms with E-state index in [-0.39, 0.29) is 12.5 Å². The number of aliphatic carboxylic acids is 1. The maximum Gasteiger partial charge on any atom is 0.328 e. The summed E-state index contributed by atoms with van der Waals surface area (Å²) in [7, 11) is 3.00. The predicted molar refractivity (Wildman–Crippen MR) is 90.4 cm³/mol. The molecule has 0 saturated heterocycles. The van der Waals surface area contributed by atoms with E-state index in [0.717, 1.165) is 22.1 Å². The van der Waals surface area contributed by atoms with Crippen LogP contribution >= 0.6 is 0 Å². The van der Waals surface area contributed by atoms with E-state index in [2.05, 4.69) is 5.32 Å². The molecule has 1 amide bonds. The molecule has 0 aliphatic carbocycles. The van der Waals surface area contributed by atoms with Crippen LogP contribution in [0.15, 0.2) is 36.4 Å². The first kappa shape index (κ1) is 17.7. The average molecular weight is 331 g/mol. The summed E-state index contributed by atoms with van der Waals surface area (Å²) in [6.45, 7) is 1.66. The van der Waals surface area contributed by atoms with Crippen molar-refractivity contribution in [2.24, 2.45) is 0 Å². The highest BCUT2D eigenvalue weighted by atomic mass is 16.5. The van der Waals surface area contributed by atoms with Crippen molar-refractivity contribution in [2.45, 2.75) is 18.9 Å². The third kappa shape index (κ3) is 4.02. The van der Waals surface area contributed by atoms with Crippen molar-refractivity contribution in [3.63, 3.8) is 0 Å². The second kappa shape index (κ2) is 7.79. The minimum Gasteiger partial charge on any atom is -0.497 e. The Morgan fingerprint density at radius 2 is 1.79 bits per heavy atom. The topological polar surface area (TPSA) is 84.9 Å². The summed E-state index contributed by atoms with van der Waals surface area (Å²) in [5.41, 5.74) is 0.812. The number of nitrogens with one attached hydrogen (secondary N) is 1. The molecule has 6 heteroatoms. The van der Waals surface area contributed by atoms with Gasteiger partial charge < -0.3 is 19.9 Å². The van der Waals surface area contributed by atoms with Gasteiger partial charge in [-0.3, -0.25) is 4.79 Å². The minimum atomic E-state index is -1.12. The number of carboxylic acids is 1. The van der Waals surface area contributed by atoms with Gasteiger partial charge in [0.1, 0.15) is 5.75 Å². The Labute approximate surface area is 140 Å². The highest BCUT2D eigenvalue weighted by Gasteiger charge is 2.23. The predicted octanol–water partition coefficient (Wildman–Crippen LogP) is 2.17. The van der Waals surface area contributed by atoms with Gasteiger partial charge >= 0.3 is 5.97 Å². The Balaban J connectivity index is 2.19. The molecule has 2 rings (SSSR count). The fraction of sp³-hybridized carbons (Fsp3) is 0.333. The molecule has 0 heterocycles. The van der Waals surface area contributed by atoms with Crippen LogP contribution in [0.1, 0.15) is 18.4 Å². The lowest BCUT2D eigenvalue weighted by Crippen LogP contribution is -2.45. The van der Waals surface area contributed by atoms with Gasteiger partial charge in [0.05, 0.1) is 19.6 Å². The summed E-state index contributed by atoms with van der Waals surface area (Å²) in [5, 5.41) is 13.6. The first-order chi connectivity index (χ1) is 11.5. The second-order valence-corrected chi connectivity index (χ2v) is 5.55. The van der Waals surface area contributed by atoms with Crippen molar-refractivity contribution in [1.29, 1.82) is 0 Å². The molecule has 24 heavy (non-hydrogen) atoms. The van der Waals surface area contributed by atoms with Crippen LogP contribution in [0.25, 0.3) is 10.8 Å². The zero-order valence-electron chi connectivity index (χ0n) is 13.9. The van der Waals surface area contributed by atoms with Crippen LogP contribution < -0.4 is 10.1 Å². The van der Waals surface area contributed by atoms with Crippen molar-refractivity contribution in [1.82, 2.24) is 5.32 Å². The normalized spacial score (nSPS) is 13.3. The lowest BCUT2D eigenvalue weighted by Gasteiger charge is -2.18.